The van der Waals surface area contributed by atoms with E-state index in [2.05, 4.69) is 15.8 Å². The Hall–Kier alpha value is -4.59. The maximum atomic E-state index is 12.9. The molecule has 34 heavy (non-hydrogen) atoms. The summed E-state index contributed by atoms with van der Waals surface area (Å²) in [7, 11) is 5.37. The highest BCUT2D eigenvalue weighted by Crippen LogP contribution is 2.21. The predicted octanol–water partition coefficient (Wildman–Crippen LogP) is 3.39. The second-order valence-electron chi connectivity index (χ2n) is 7.49. The molecule has 0 aliphatic rings. The molecule has 0 spiro atoms. The lowest BCUT2D eigenvalue weighted by Crippen LogP contribution is -2.32. The Labute approximate surface area is 198 Å². The number of phenolic OH excluding ortho intramolecular Hbond substituents is 1. The van der Waals surface area contributed by atoms with Crippen molar-refractivity contribution in [2.24, 2.45) is 5.10 Å². The highest BCUT2D eigenvalue weighted by Gasteiger charge is 2.14. The summed E-state index contributed by atoms with van der Waals surface area (Å²) in [5.41, 5.74) is 4.89. The van der Waals surface area contributed by atoms with Crippen LogP contribution in [-0.4, -0.2) is 44.3 Å². The normalized spacial score (nSPS) is 11.2. The van der Waals surface area contributed by atoms with Crippen LogP contribution in [0.2, 0.25) is 0 Å². The van der Waals surface area contributed by atoms with Gasteiger partial charge < -0.3 is 20.1 Å². The number of rotatable bonds is 8. The van der Waals surface area contributed by atoms with E-state index < -0.39 is 11.8 Å². The zero-order valence-electron chi connectivity index (χ0n) is 19.1. The number of amides is 2. The predicted molar refractivity (Wildman–Crippen MR) is 133 cm³/mol. The molecule has 0 atom stereocenters. The number of hydrogen-bond donors (Lipinski definition) is 3. The third-order valence-corrected chi connectivity index (χ3v) is 4.85. The monoisotopic (exact) mass is 458 g/mol. The van der Waals surface area contributed by atoms with Gasteiger partial charge in [0.05, 0.1) is 13.3 Å². The third kappa shape index (κ3) is 6.46. The van der Waals surface area contributed by atoms with Gasteiger partial charge in [-0.3, -0.25) is 9.59 Å². The number of methoxy groups -OCH3 is 1. The molecule has 0 aliphatic heterocycles. The van der Waals surface area contributed by atoms with E-state index in [1.807, 2.05) is 43.3 Å². The van der Waals surface area contributed by atoms with Crippen molar-refractivity contribution >= 4 is 29.8 Å². The molecule has 0 aliphatic carbocycles. The number of anilines is 1. The molecule has 0 aromatic heterocycles. The van der Waals surface area contributed by atoms with Crippen molar-refractivity contribution in [3.63, 3.8) is 0 Å². The van der Waals surface area contributed by atoms with Crippen LogP contribution in [0.15, 0.2) is 83.6 Å². The number of nitrogens with zero attached hydrogens (tertiary/aromatic N) is 2. The van der Waals surface area contributed by atoms with E-state index in [9.17, 15) is 14.7 Å². The fraction of sp³-hybridized carbons (Fsp3) is 0.115. The molecule has 174 valence electrons. The molecular weight excluding hydrogens is 432 g/mol. The molecule has 8 heteroatoms. The van der Waals surface area contributed by atoms with Crippen molar-refractivity contribution in [2.75, 3.05) is 26.1 Å². The first-order valence-electron chi connectivity index (χ1n) is 10.4. The van der Waals surface area contributed by atoms with Gasteiger partial charge in [0.15, 0.2) is 0 Å². The van der Waals surface area contributed by atoms with Crippen LogP contribution in [0.25, 0.3) is 6.08 Å². The molecule has 0 bridgehead atoms. The Kier molecular flexibility index (Phi) is 8.02. The van der Waals surface area contributed by atoms with Crippen LogP contribution >= 0.6 is 0 Å². The molecule has 3 N–H and O–H groups in total. The van der Waals surface area contributed by atoms with Gasteiger partial charge in [0.2, 0.25) is 0 Å². The van der Waals surface area contributed by atoms with Crippen LogP contribution in [0.1, 0.15) is 21.5 Å². The SMILES string of the molecule is COc1ccc(O)c(C=NNC(=O)/C(=C/c2ccc(N(C)C)cc2)NC(=O)c2ccccc2)c1. The summed E-state index contributed by atoms with van der Waals surface area (Å²) >= 11 is 0. The minimum absolute atomic E-state index is 0.0125. The number of carbonyl (C=O) groups excluding carboxylic acids is 2. The molecule has 0 unspecified atom stereocenters. The largest absolute Gasteiger partial charge is 0.507 e. The van der Waals surface area contributed by atoms with Crippen molar-refractivity contribution in [1.29, 1.82) is 0 Å². The van der Waals surface area contributed by atoms with Crippen molar-refractivity contribution in [2.45, 2.75) is 0 Å². The first kappa shape index (κ1) is 24.1. The molecule has 3 rings (SSSR count). The van der Waals surface area contributed by atoms with Crippen molar-refractivity contribution in [3.8, 4) is 11.5 Å². The summed E-state index contributed by atoms with van der Waals surface area (Å²) in [6.07, 6.45) is 2.85. The summed E-state index contributed by atoms with van der Waals surface area (Å²) in [5, 5.41) is 16.5. The summed E-state index contributed by atoms with van der Waals surface area (Å²) in [6, 6.07) is 20.7. The zero-order valence-corrected chi connectivity index (χ0v) is 19.1. The minimum atomic E-state index is -0.625. The Morgan fingerprint density at radius 3 is 2.35 bits per heavy atom. The van der Waals surface area contributed by atoms with Crippen molar-refractivity contribution in [3.05, 3.63) is 95.2 Å². The van der Waals surface area contributed by atoms with Crippen LogP contribution in [0.4, 0.5) is 5.69 Å². The van der Waals surface area contributed by atoms with E-state index in [0.29, 0.717) is 16.9 Å². The smallest absolute Gasteiger partial charge is 0.287 e. The summed E-state index contributed by atoms with van der Waals surface area (Å²) in [5.74, 6) is -0.545. The molecule has 8 nitrogen and oxygen atoms in total. The number of carbonyl (C=O) groups is 2. The zero-order chi connectivity index (χ0) is 24.5. The maximum absolute atomic E-state index is 12.9. The second kappa shape index (κ2) is 11.3. The minimum Gasteiger partial charge on any atom is -0.507 e. The molecule has 0 saturated heterocycles. The fourth-order valence-corrected chi connectivity index (χ4v) is 2.96. The second-order valence-corrected chi connectivity index (χ2v) is 7.49. The number of phenols is 1. The van der Waals surface area contributed by atoms with Gasteiger partial charge in [-0.1, -0.05) is 30.3 Å². The summed E-state index contributed by atoms with van der Waals surface area (Å²) < 4.78 is 5.13. The van der Waals surface area contributed by atoms with Crippen LogP contribution in [-0.2, 0) is 4.79 Å². The van der Waals surface area contributed by atoms with Crippen LogP contribution in [0.3, 0.4) is 0 Å². The molecule has 0 fully saturated rings. The average Bonchev–Trinajstić information content (AvgIpc) is 2.85. The van der Waals surface area contributed by atoms with Gasteiger partial charge in [-0.15, -0.1) is 0 Å². The van der Waals surface area contributed by atoms with Gasteiger partial charge in [-0.05, 0) is 54.1 Å². The Morgan fingerprint density at radius 2 is 1.71 bits per heavy atom. The number of aromatic hydroxyl groups is 1. The Bertz CT molecular complexity index is 1200. The van der Waals surface area contributed by atoms with E-state index in [4.69, 9.17) is 4.74 Å². The number of nitrogens with one attached hydrogen (secondary N) is 2. The first-order valence-corrected chi connectivity index (χ1v) is 10.4. The fourth-order valence-electron chi connectivity index (χ4n) is 2.96. The van der Waals surface area contributed by atoms with E-state index in [0.717, 1.165) is 11.3 Å². The summed E-state index contributed by atoms with van der Waals surface area (Å²) in [6.45, 7) is 0. The quantitative estimate of drug-likeness (QED) is 0.273. The van der Waals surface area contributed by atoms with Gasteiger partial charge in [0, 0.05) is 30.9 Å². The lowest BCUT2D eigenvalue weighted by Gasteiger charge is -2.12. The Balaban J connectivity index is 1.83. The van der Waals surface area contributed by atoms with Gasteiger partial charge in [0.1, 0.15) is 17.2 Å². The molecule has 2 amide bonds. The molecule has 0 saturated carbocycles. The highest BCUT2D eigenvalue weighted by atomic mass is 16.5. The Morgan fingerprint density at radius 1 is 1.00 bits per heavy atom. The van der Waals surface area contributed by atoms with Crippen molar-refractivity contribution in [1.82, 2.24) is 10.7 Å². The number of ether oxygens (including phenoxy) is 1. The highest BCUT2D eigenvalue weighted by molar-refractivity contribution is 6.05. The van der Waals surface area contributed by atoms with Crippen LogP contribution in [0, 0.1) is 0 Å². The number of benzene rings is 3. The average molecular weight is 459 g/mol. The number of hydrazone groups is 1. The molecular formula is C26H26N4O4. The maximum Gasteiger partial charge on any atom is 0.287 e. The van der Waals surface area contributed by atoms with E-state index >= 15 is 0 Å². The molecule has 0 radical (unpaired) electrons. The molecule has 0 heterocycles. The van der Waals surface area contributed by atoms with Crippen LogP contribution < -0.4 is 20.4 Å². The lowest BCUT2D eigenvalue weighted by atomic mass is 10.1. The van der Waals surface area contributed by atoms with Gasteiger partial charge in [0.25, 0.3) is 11.8 Å². The van der Waals surface area contributed by atoms with E-state index in [-0.39, 0.29) is 11.4 Å². The first-order chi connectivity index (χ1) is 16.4. The van der Waals surface area contributed by atoms with Gasteiger partial charge in [-0.25, -0.2) is 5.43 Å². The summed E-state index contributed by atoms with van der Waals surface area (Å²) in [4.78, 5) is 27.5. The molecule has 3 aromatic rings. The number of hydrogen-bond acceptors (Lipinski definition) is 6. The van der Waals surface area contributed by atoms with E-state index in [1.54, 1.807) is 48.5 Å². The molecule has 3 aromatic carbocycles. The topological polar surface area (TPSA) is 103 Å². The lowest BCUT2D eigenvalue weighted by molar-refractivity contribution is -0.117. The van der Waals surface area contributed by atoms with Crippen LogP contribution in [0.5, 0.6) is 11.5 Å². The van der Waals surface area contributed by atoms with Gasteiger partial charge >= 0.3 is 0 Å². The van der Waals surface area contributed by atoms with Gasteiger partial charge in [-0.2, -0.15) is 5.10 Å². The van der Waals surface area contributed by atoms with Crippen molar-refractivity contribution < 1.29 is 19.4 Å². The van der Waals surface area contributed by atoms with E-state index in [1.165, 1.54) is 19.4 Å². The standard InChI is InChI=1S/C26H26N4O4/c1-30(2)21-11-9-18(10-12-21)15-23(28-25(32)19-7-5-4-6-8-19)26(33)29-27-17-20-16-22(34-3)13-14-24(20)31/h4-17,31H,1-3H3,(H,28,32)(H,29,33)/b23-15-,27-17?. The third-order valence-electron chi connectivity index (χ3n) is 4.85.